The highest BCUT2D eigenvalue weighted by Crippen LogP contribution is 2.34. The van der Waals surface area contributed by atoms with E-state index in [2.05, 4.69) is 16.9 Å². The maximum absolute atomic E-state index is 5.73. The van der Waals surface area contributed by atoms with Crippen LogP contribution in [0.25, 0.3) is 0 Å². The highest BCUT2D eigenvalue weighted by molar-refractivity contribution is 6.16. The van der Waals surface area contributed by atoms with Crippen LogP contribution < -0.4 is 0 Å². The van der Waals surface area contributed by atoms with Crippen LogP contribution in [0.1, 0.15) is 48.8 Å². The second-order valence-electron chi connectivity index (χ2n) is 3.81. The average molecular weight is 199 g/mol. The van der Waals surface area contributed by atoms with Crippen LogP contribution >= 0.6 is 11.6 Å². The molecule has 1 saturated carbocycles. The smallest absolute Gasteiger partial charge is 0.121 e. The molecule has 1 aliphatic rings. The molecule has 0 unspecified atom stereocenters. The molecule has 0 spiro atoms. The van der Waals surface area contributed by atoms with E-state index in [0.717, 1.165) is 5.82 Å². The lowest BCUT2D eigenvalue weighted by Gasteiger charge is -2.05. The number of aromatic nitrogens is 2. The fraction of sp³-hybridized carbons (Fsp3) is 0.700. The minimum absolute atomic E-state index is 0.494. The van der Waals surface area contributed by atoms with Crippen molar-refractivity contribution in [1.29, 1.82) is 0 Å². The summed E-state index contributed by atoms with van der Waals surface area (Å²) in [6.07, 6.45) is 5.31. The van der Waals surface area contributed by atoms with E-state index in [-0.39, 0.29) is 0 Å². The third-order valence-electron chi connectivity index (χ3n) is 2.84. The average Bonchev–Trinajstić information content (AvgIpc) is 2.72. The SMILES string of the molecule is Cc1[nH]c(CCl)nc1C1CCCC1. The van der Waals surface area contributed by atoms with E-state index in [4.69, 9.17) is 11.6 Å². The zero-order valence-electron chi connectivity index (χ0n) is 7.94. The quantitative estimate of drug-likeness (QED) is 0.727. The van der Waals surface area contributed by atoms with Crippen molar-refractivity contribution in [3.05, 3.63) is 17.2 Å². The van der Waals surface area contributed by atoms with Gasteiger partial charge in [-0.1, -0.05) is 12.8 Å². The van der Waals surface area contributed by atoms with Gasteiger partial charge in [0.05, 0.1) is 11.6 Å². The number of halogens is 1. The van der Waals surface area contributed by atoms with Crippen molar-refractivity contribution < 1.29 is 0 Å². The zero-order valence-corrected chi connectivity index (χ0v) is 8.69. The number of rotatable bonds is 2. The summed E-state index contributed by atoms with van der Waals surface area (Å²) in [4.78, 5) is 7.75. The first-order valence-corrected chi connectivity index (χ1v) is 5.46. The highest BCUT2D eigenvalue weighted by atomic mass is 35.5. The Balaban J connectivity index is 2.22. The van der Waals surface area contributed by atoms with Crippen molar-refractivity contribution in [3.8, 4) is 0 Å². The molecule has 1 fully saturated rings. The van der Waals surface area contributed by atoms with Gasteiger partial charge < -0.3 is 4.98 Å². The lowest BCUT2D eigenvalue weighted by Crippen LogP contribution is -1.95. The van der Waals surface area contributed by atoms with E-state index >= 15 is 0 Å². The number of hydrogen-bond acceptors (Lipinski definition) is 1. The van der Waals surface area contributed by atoms with Crippen LogP contribution in [-0.2, 0) is 5.88 Å². The standard InChI is InChI=1S/C10H15ClN2/c1-7-10(8-4-2-3-5-8)13-9(6-11)12-7/h8H,2-6H2,1H3,(H,12,13). The molecule has 13 heavy (non-hydrogen) atoms. The van der Waals surface area contributed by atoms with E-state index in [1.807, 2.05) is 0 Å². The van der Waals surface area contributed by atoms with Crippen LogP contribution in [0, 0.1) is 6.92 Å². The summed E-state index contributed by atoms with van der Waals surface area (Å²) < 4.78 is 0. The molecule has 0 radical (unpaired) electrons. The Morgan fingerprint density at radius 1 is 1.46 bits per heavy atom. The number of aryl methyl sites for hydroxylation is 1. The Kier molecular flexibility index (Phi) is 2.58. The van der Waals surface area contributed by atoms with Gasteiger partial charge in [0.1, 0.15) is 5.82 Å². The molecule has 1 aromatic heterocycles. The summed E-state index contributed by atoms with van der Waals surface area (Å²) in [7, 11) is 0. The first-order chi connectivity index (χ1) is 6.31. The van der Waals surface area contributed by atoms with Crippen LogP contribution in [0.2, 0.25) is 0 Å². The van der Waals surface area contributed by atoms with Gasteiger partial charge in [-0.05, 0) is 19.8 Å². The van der Waals surface area contributed by atoms with E-state index in [0.29, 0.717) is 11.8 Å². The lowest BCUT2D eigenvalue weighted by atomic mass is 10.0. The van der Waals surface area contributed by atoms with Gasteiger partial charge in [0.15, 0.2) is 0 Å². The third kappa shape index (κ3) is 1.73. The van der Waals surface area contributed by atoms with Crippen LogP contribution in [0.15, 0.2) is 0 Å². The van der Waals surface area contributed by atoms with Crippen molar-refractivity contribution in [2.75, 3.05) is 0 Å². The fourth-order valence-electron chi connectivity index (χ4n) is 2.20. The summed E-state index contributed by atoms with van der Waals surface area (Å²) >= 11 is 5.73. The first kappa shape index (κ1) is 9.07. The van der Waals surface area contributed by atoms with Crippen LogP contribution in [0.4, 0.5) is 0 Å². The number of alkyl halides is 1. The van der Waals surface area contributed by atoms with Crippen molar-refractivity contribution in [1.82, 2.24) is 9.97 Å². The van der Waals surface area contributed by atoms with Gasteiger partial charge >= 0.3 is 0 Å². The molecule has 0 aliphatic heterocycles. The van der Waals surface area contributed by atoms with E-state index in [1.165, 1.54) is 37.1 Å². The maximum atomic E-state index is 5.73. The summed E-state index contributed by atoms with van der Waals surface area (Å²) in [6, 6.07) is 0. The van der Waals surface area contributed by atoms with Crippen LogP contribution in [0.3, 0.4) is 0 Å². The number of aromatic amines is 1. The molecule has 72 valence electrons. The summed E-state index contributed by atoms with van der Waals surface area (Å²) in [5, 5.41) is 0. The van der Waals surface area contributed by atoms with E-state index in [1.54, 1.807) is 0 Å². The van der Waals surface area contributed by atoms with Gasteiger partial charge in [-0.2, -0.15) is 0 Å². The van der Waals surface area contributed by atoms with Crippen LogP contribution in [-0.4, -0.2) is 9.97 Å². The second kappa shape index (κ2) is 3.70. The maximum Gasteiger partial charge on any atom is 0.121 e. The lowest BCUT2D eigenvalue weighted by molar-refractivity contribution is 0.695. The summed E-state index contributed by atoms with van der Waals surface area (Å²) in [6.45, 7) is 2.09. The molecule has 0 amide bonds. The Hall–Kier alpha value is -0.500. The minimum Gasteiger partial charge on any atom is -0.345 e. The number of hydrogen-bond donors (Lipinski definition) is 1. The van der Waals surface area contributed by atoms with Gasteiger partial charge in [-0.25, -0.2) is 4.98 Å². The van der Waals surface area contributed by atoms with Gasteiger partial charge in [0, 0.05) is 11.6 Å². The molecule has 1 aromatic rings. The molecule has 0 bridgehead atoms. The third-order valence-corrected chi connectivity index (χ3v) is 3.09. The van der Waals surface area contributed by atoms with Crippen molar-refractivity contribution in [2.45, 2.75) is 44.4 Å². The first-order valence-electron chi connectivity index (χ1n) is 4.92. The van der Waals surface area contributed by atoms with Crippen molar-refractivity contribution in [2.24, 2.45) is 0 Å². The highest BCUT2D eigenvalue weighted by Gasteiger charge is 2.21. The van der Waals surface area contributed by atoms with E-state index in [9.17, 15) is 0 Å². The van der Waals surface area contributed by atoms with Gasteiger partial charge in [0.2, 0.25) is 0 Å². The molecular weight excluding hydrogens is 184 g/mol. The summed E-state index contributed by atoms with van der Waals surface area (Å²) in [5.74, 6) is 2.10. The minimum atomic E-state index is 0.494. The number of H-pyrrole nitrogens is 1. The number of nitrogens with one attached hydrogen (secondary N) is 1. The topological polar surface area (TPSA) is 28.7 Å². The Bertz CT molecular complexity index is 287. The zero-order chi connectivity index (χ0) is 9.26. The predicted molar refractivity (Wildman–Crippen MR) is 54.1 cm³/mol. The predicted octanol–water partition coefficient (Wildman–Crippen LogP) is 3.11. The fourth-order valence-corrected chi connectivity index (χ4v) is 2.32. The number of nitrogens with zero attached hydrogens (tertiary/aromatic N) is 1. The molecule has 3 heteroatoms. The van der Waals surface area contributed by atoms with Crippen molar-refractivity contribution in [3.63, 3.8) is 0 Å². The van der Waals surface area contributed by atoms with Gasteiger partial charge in [-0.3, -0.25) is 0 Å². The largest absolute Gasteiger partial charge is 0.345 e. The summed E-state index contributed by atoms with van der Waals surface area (Å²) in [5.41, 5.74) is 2.47. The van der Waals surface area contributed by atoms with E-state index < -0.39 is 0 Å². The monoisotopic (exact) mass is 198 g/mol. The Morgan fingerprint density at radius 2 is 2.15 bits per heavy atom. The molecular formula is C10H15ClN2. The second-order valence-corrected chi connectivity index (χ2v) is 4.08. The van der Waals surface area contributed by atoms with Crippen molar-refractivity contribution >= 4 is 11.6 Å². The van der Waals surface area contributed by atoms with Crippen LogP contribution in [0.5, 0.6) is 0 Å². The Morgan fingerprint density at radius 3 is 2.69 bits per heavy atom. The Labute approximate surface area is 83.7 Å². The molecule has 0 saturated heterocycles. The molecule has 1 heterocycles. The normalized spacial score (nSPS) is 18.3. The number of imidazole rings is 1. The molecule has 2 nitrogen and oxygen atoms in total. The molecule has 2 rings (SSSR count). The molecule has 0 atom stereocenters. The van der Waals surface area contributed by atoms with Gasteiger partial charge in [0.25, 0.3) is 0 Å². The molecule has 1 N–H and O–H groups in total. The molecule has 0 aromatic carbocycles. The molecule has 1 aliphatic carbocycles. The van der Waals surface area contributed by atoms with Gasteiger partial charge in [-0.15, -0.1) is 11.6 Å².